The minimum absolute atomic E-state index is 0.0655. The molecule has 0 atom stereocenters. The number of urea groups is 1. The minimum Gasteiger partial charge on any atom is -0.308 e. The van der Waals surface area contributed by atoms with E-state index in [-0.39, 0.29) is 5.69 Å². The number of fused-ring (bicyclic) bond motifs is 1. The smallest absolute Gasteiger partial charge is 0.308 e. The Morgan fingerprint density at radius 3 is 2.64 bits per heavy atom. The number of aryl methyl sites for hydroxylation is 1. The van der Waals surface area contributed by atoms with Crippen molar-refractivity contribution in [2.75, 3.05) is 27.7 Å². The van der Waals surface area contributed by atoms with Crippen LogP contribution in [0, 0.1) is 5.82 Å². The first-order valence-electron chi connectivity index (χ1n) is 7.78. The van der Waals surface area contributed by atoms with Gasteiger partial charge < -0.3 is 10.6 Å². The maximum atomic E-state index is 13.6. The predicted octanol–water partition coefficient (Wildman–Crippen LogP) is 3.18. The van der Waals surface area contributed by atoms with Crippen molar-refractivity contribution >= 4 is 33.1 Å². The standard InChI is InChI=1S/C17H18FN3O3S/c1-25(23,24)21-10-4-5-12-8-9-13(11-16(12)21)19-17(22)20-15-7-3-2-6-14(15)18/h2-3,6-9,11H,4-5,10H2,1H3,(H2,19,20,22). The molecule has 132 valence electrons. The number of hydrogen-bond acceptors (Lipinski definition) is 3. The van der Waals surface area contributed by atoms with Crippen molar-refractivity contribution in [3.63, 3.8) is 0 Å². The molecule has 0 spiro atoms. The lowest BCUT2D eigenvalue weighted by Gasteiger charge is -2.29. The topological polar surface area (TPSA) is 78.5 Å². The summed E-state index contributed by atoms with van der Waals surface area (Å²) in [6.45, 7) is 0.413. The summed E-state index contributed by atoms with van der Waals surface area (Å²) in [7, 11) is -3.38. The van der Waals surface area contributed by atoms with Gasteiger partial charge >= 0.3 is 6.03 Å². The second-order valence-corrected chi connectivity index (χ2v) is 7.75. The number of anilines is 3. The van der Waals surface area contributed by atoms with E-state index in [9.17, 15) is 17.6 Å². The van der Waals surface area contributed by atoms with Crippen molar-refractivity contribution in [2.45, 2.75) is 12.8 Å². The first kappa shape index (κ1) is 17.2. The van der Waals surface area contributed by atoms with E-state index in [4.69, 9.17) is 0 Å². The molecule has 1 aliphatic heterocycles. The van der Waals surface area contributed by atoms with Crippen LogP contribution in [-0.2, 0) is 16.4 Å². The fourth-order valence-electron chi connectivity index (χ4n) is 2.81. The van der Waals surface area contributed by atoms with Crippen LogP contribution < -0.4 is 14.9 Å². The molecule has 3 rings (SSSR count). The van der Waals surface area contributed by atoms with Crippen LogP contribution in [-0.4, -0.2) is 27.2 Å². The van der Waals surface area contributed by atoms with Crippen molar-refractivity contribution in [2.24, 2.45) is 0 Å². The summed E-state index contributed by atoms with van der Waals surface area (Å²) in [6, 6.07) is 10.4. The van der Waals surface area contributed by atoms with Gasteiger partial charge in [-0.3, -0.25) is 4.31 Å². The maximum absolute atomic E-state index is 13.6. The highest BCUT2D eigenvalue weighted by Gasteiger charge is 2.24. The number of sulfonamides is 1. The molecule has 0 aliphatic carbocycles. The molecule has 0 saturated carbocycles. The molecule has 0 saturated heterocycles. The summed E-state index contributed by atoms with van der Waals surface area (Å²) in [4.78, 5) is 12.1. The average Bonchev–Trinajstić information content (AvgIpc) is 2.55. The highest BCUT2D eigenvalue weighted by atomic mass is 32.2. The van der Waals surface area contributed by atoms with Gasteiger partial charge in [0.1, 0.15) is 5.82 Å². The molecular formula is C17H18FN3O3S. The van der Waals surface area contributed by atoms with E-state index >= 15 is 0 Å². The maximum Gasteiger partial charge on any atom is 0.323 e. The van der Waals surface area contributed by atoms with Crippen molar-refractivity contribution < 1.29 is 17.6 Å². The van der Waals surface area contributed by atoms with Crippen LogP contribution in [0.15, 0.2) is 42.5 Å². The van der Waals surface area contributed by atoms with Crippen LogP contribution in [0.2, 0.25) is 0 Å². The molecule has 6 nitrogen and oxygen atoms in total. The largest absolute Gasteiger partial charge is 0.323 e. The number of carbonyl (C=O) groups excluding carboxylic acids is 1. The Bertz CT molecular complexity index is 915. The van der Waals surface area contributed by atoms with Crippen molar-refractivity contribution in [1.82, 2.24) is 0 Å². The monoisotopic (exact) mass is 363 g/mol. The molecule has 0 fully saturated rings. The molecule has 2 aromatic carbocycles. The summed E-state index contributed by atoms with van der Waals surface area (Å²) in [5.74, 6) is -0.536. The third kappa shape index (κ3) is 3.90. The van der Waals surface area contributed by atoms with Gasteiger partial charge in [-0.15, -0.1) is 0 Å². The Kier molecular flexibility index (Phi) is 4.63. The van der Waals surface area contributed by atoms with E-state index in [0.29, 0.717) is 17.9 Å². The third-order valence-electron chi connectivity index (χ3n) is 3.94. The summed E-state index contributed by atoms with van der Waals surface area (Å²) >= 11 is 0. The van der Waals surface area contributed by atoms with Gasteiger partial charge in [-0.05, 0) is 42.7 Å². The van der Waals surface area contributed by atoms with Crippen LogP contribution in [0.5, 0.6) is 0 Å². The van der Waals surface area contributed by atoms with Gasteiger partial charge in [0, 0.05) is 12.2 Å². The van der Waals surface area contributed by atoms with Gasteiger partial charge in [0.25, 0.3) is 0 Å². The molecule has 2 aromatic rings. The molecule has 25 heavy (non-hydrogen) atoms. The van der Waals surface area contributed by atoms with E-state index in [1.165, 1.54) is 22.5 Å². The van der Waals surface area contributed by atoms with E-state index in [2.05, 4.69) is 10.6 Å². The lowest BCUT2D eigenvalue weighted by atomic mass is 10.0. The van der Waals surface area contributed by atoms with Crippen molar-refractivity contribution in [3.05, 3.63) is 53.8 Å². The van der Waals surface area contributed by atoms with Crippen LogP contribution in [0.3, 0.4) is 0 Å². The summed E-state index contributed by atoms with van der Waals surface area (Å²) < 4.78 is 38.8. The Morgan fingerprint density at radius 2 is 1.92 bits per heavy atom. The highest BCUT2D eigenvalue weighted by Crippen LogP contribution is 2.31. The summed E-state index contributed by atoms with van der Waals surface area (Å²) in [5.41, 5.74) is 1.98. The summed E-state index contributed by atoms with van der Waals surface area (Å²) in [5, 5.41) is 5.02. The van der Waals surface area contributed by atoms with Gasteiger partial charge in [0.15, 0.2) is 0 Å². The van der Waals surface area contributed by atoms with Crippen LogP contribution in [0.4, 0.5) is 26.2 Å². The average molecular weight is 363 g/mol. The van der Waals surface area contributed by atoms with Gasteiger partial charge in [-0.1, -0.05) is 18.2 Å². The molecule has 0 bridgehead atoms. The van der Waals surface area contributed by atoms with Crippen LogP contribution in [0.1, 0.15) is 12.0 Å². The second kappa shape index (κ2) is 6.72. The number of nitrogens with zero attached hydrogens (tertiary/aromatic N) is 1. The van der Waals surface area contributed by atoms with E-state index < -0.39 is 21.9 Å². The zero-order valence-corrected chi connectivity index (χ0v) is 14.4. The Balaban J connectivity index is 1.80. The van der Waals surface area contributed by atoms with E-state index in [1.807, 2.05) is 0 Å². The fourth-order valence-corrected chi connectivity index (χ4v) is 3.80. The normalized spacial score (nSPS) is 13.9. The minimum atomic E-state index is -3.38. The molecule has 0 unspecified atom stereocenters. The molecule has 2 N–H and O–H groups in total. The Morgan fingerprint density at radius 1 is 1.16 bits per heavy atom. The van der Waals surface area contributed by atoms with Gasteiger partial charge in [-0.2, -0.15) is 0 Å². The third-order valence-corrected chi connectivity index (χ3v) is 5.12. The van der Waals surface area contributed by atoms with Crippen LogP contribution in [0.25, 0.3) is 0 Å². The van der Waals surface area contributed by atoms with Crippen molar-refractivity contribution in [1.29, 1.82) is 0 Å². The lowest BCUT2D eigenvalue weighted by molar-refractivity contribution is 0.262. The number of amides is 2. The first-order chi connectivity index (χ1) is 11.8. The number of halogens is 1. The SMILES string of the molecule is CS(=O)(=O)N1CCCc2ccc(NC(=O)Nc3ccccc3F)cc21. The first-order valence-corrected chi connectivity index (χ1v) is 9.62. The van der Waals surface area contributed by atoms with E-state index in [0.717, 1.165) is 24.7 Å². The zero-order valence-electron chi connectivity index (χ0n) is 13.6. The predicted molar refractivity (Wildman–Crippen MR) is 96.0 cm³/mol. The number of para-hydroxylation sites is 1. The number of rotatable bonds is 3. The molecule has 1 aliphatic rings. The molecular weight excluding hydrogens is 345 g/mol. The van der Waals surface area contributed by atoms with Gasteiger partial charge in [0.05, 0.1) is 17.6 Å². The lowest BCUT2D eigenvalue weighted by Crippen LogP contribution is -2.34. The van der Waals surface area contributed by atoms with E-state index in [1.54, 1.807) is 24.3 Å². The van der Waals surface area contributed by atoms with Gasteiger partial charge in [0.2, 0.25) is 10.0 Å². The zero-order chi connectivity index (χ0) is 18.0. The highest BCUT2D eigenvalue weighted by molar-refractivity contribution is 7.92. The van der Waals surface area contributed by atoms with Crippen molar-refractivity contribution in [3.8, 4) is 0 Å². The van der Waals surface area contributed by atoms with Crippen LogP contribution >= 0.6 is 0 Å². The quantitative estimate of drug-likeness (QED) is 0.879. The molecule has 0 aromatic heterocycles. The fraction of sp³-hybridized carbons (Fsp3) is 0.235. The number of carbonyl (C=O) groups is 1. The summed E-state index contributed by atoms with van der Waals surface area (Å²) in [6.07, 6.45) is 2.69. The number of benzene rings is 2. The number of hydrogen-bond donors (Lipinski definition) is 2. The molecule has 2 amide bonds. The molecule has 1 heterocycles. The number of nitrogens with one attached hydrogen (secondary N) is 2. The molecule has 8 heteroatoms. The second-order valence-electron chi connectivity index (χ2n) is 5.84. The Hall–Kier alpha value is -2.61. The van der Waals surface area contributed by atoms with Gasteiger partial charge in [-0.25, -0.2) is 17.6 Å². The molecule has 0 radical (unpaired) electrons. The Labute approximate surface area is 145 Å².